The Balaban J connectivity index is 1.46. The number of hydrogen-bond acceptors (Lipinski definition) is 7. The quantitative estimate of drug-likeness (QED) is 0.247. The number of hydrogen-bond donors (Lipinski definition) is 1. The first kappa shape index (κ1) is 29.7. The van der Waals surface area contributed by atoms with E-state index >= 15 is 0 Å². The van der Waals surface area contributed by atoms with Gasteiger partial charge in [-0.1, -0.05) is 11.6 Å². The maximum Gasteiger partial charge on any atom is 0.417 e. The molecule has 0 spiro atoms. The molecule has 0 aliphatic carbocycles. The van der Waals surface area contributed by atoms with Gasteiger partial charge in [-0.3, -0.25) is 4.90 Å². The van der Waals surface area contributed by atoms with Crippen molar-refractivity contribution in [3.8, 4) is 22.5 Å². The van der Waals surface area contributed by atoms with Gasteiger partial charge >= 0.3 is 6.18 Å². The lowest BCUT2D eigenvalue weighted by molar-refractivity contribution is -0.137. The van der Waals surface area contributed by atoms with Crippen molar-refractivity contribution in [1.82, 2.24) is 29.4 Å². The van der Waals surface area contributed by atoms with Gasteiger partial charge in [0.15, 0.2) is 0 Å². The van der Waals surface area contributed by atoms with E-state index in [1.54, 1.807) is 12.3 Å². The summed E-state index contributed by atoms with van der Waals surface area (Å²) in [6.07, 6.45) is 2.49. The highest BCUT2D eigenvalue weighted by Gasteiger charge is 2.32. The zero-order chi connectivity index (χ0) is 30.1. The van der Waals surface area contributed by atoms with Crippen molar-refractivity contribution in [1.29, 1.82) is 0 Å². The zero-order valence-corrected chi connectivity index (χ0v) is 24.3. The Labute approximate surface area is 252 Å². The van der Waals surface area contributed by atoms with Crippen LogP contribution in [0.5, 0.6) is 0 Å². The molecule has 2 saturated heterocycles. The second kappa shape index (κ2) is 12.4. The van der Waals surface area contributed by atoms with E-state index in [1.165, 1.54) is 41.6 Å². The SMILES string of the molecule is NCC(N1CCCC1)N(CCN1CCCC1)c1nccc(-c2c(-c3ccc(F)c(Cl)c3)nn3cc(C(F)(F)F)ccc23)n1. The second-order valence-corrected chi connectivity index (χ2v) is 11.4. The molecular formula is C30H33ClF4N8. The molecule has 2 aliphatic heterocycles. The Kier molecular flexibility index (Phi) is 8.54. The van der Waals surface area contributed by atoms with E-state index in [0.717, 1.165) is 57.8 Å². The first-order valence-electron chi connectivity index (χ1n) is 14.5. The number of fused-ring (bicyclic) bond motifs is 1. The van der Waals surface area contributed by atoms with Crippen LogP contribution in [0.1, 0.15) is 31.2 Å². The number of aromatic nitrogens is 4. The third-order valence-electron chi connectivity index (χ3n) is 8.29. The van der Waals surface area contributed by atoms with Crippen molar-refractivity contribution in [2.45, 2.75) is 38.0 Å². The number of pyridine rings is 1. The predicted molar refractivity (Wildman–Crippen MR) is 158 cm³/mol. The highest BCUT2D eigenvalue weighted by atomic mass is 35.5. The van der Waals surface area contributed by atoms with Gasteiger partial charge in [0, 0.05) is 50.7 Å². The van der Waals surface area contributed by atoms with Gasteiger partial charge in [-0.05, 0) is 75.2 Å². The molecule has 0 saturated carbocycles. The number of likely N-dealkylation sites (tertiary alicyclic amines) is 2. The Morgan fingerprint density at radius 3 is 2.44 bits per heavy atom. The lowest BCUT2D eigenvalue weighted by atomic mass is 10.0. The lowest BCUT2D eigenvalue weighted by Crippen LogP contribution is -2.54. The molecule has 2 N–H and O–H groups in total. The van der Waals surface area contributed by atoms with Gasteiger partial charge < -0.3 is 15.5 Å². The highest BCUT2D eigenvalue weighted by Crippen LogP contribution is 2.38. The number of halogens is 5. The Morgan fingerprint density at radius 1 is 1.00 bits per heavy atom. The summed E-state index contributed by atoms with van der Waals surface area (Å²) >= 11 is 6.10. The molecular weight excluding hydrogens is 584 g/mol. The molecule has 1 unspecified atom stereocenters. The van der Waals surface area contributed by atoms with Crippen LogP contribution in [0.25, 0.3) is 28.0 Å². The van der Waals surface area contributed by atoms with Crippen LogP contribution >= 0.6 is 11.6 Å². The topological polar surface area (TPSA) is 78.8 Å². The van der Waals surface area contributed by atoms with E-state index in [2.05, 4.69) is 24.8 Å². The van der Waals surface area contributed by atoms with Crippen LogP contribution in [0.4, 0.5) is 23.5 Å². The number of benzene rings is 1. The monoisotopic (exact) mass is 616 g/mol. The van der Waals surface area contributed by atoms with Crippen molar-refractivity contribution >= 4 is 23.1 Å². The summed E-state index contributed by atoms with van der Waals surface area (Å²) in [7, 11) is 0. The van der Waals surface area contributed by atoms with Crippen molar-refractivity contribution < 1.29 is 17.6 Å². The van der Waals surface area contributed by atoms with Crippen molar-refractivity contribution in [3.63, 3.8) is 0 Å². The standard InChI is InChI=1S/C30H33ClF4N8/c31-22-17-20(5-7-23(22)32)28-27(25-8-6-21(30(33,34)35)19-43(25)39-28)24-9-10-37-29(38-24)42(16-15-40-11-1-2-12-40)26(18-36)41-13-3-4-14-41/h5-10,17,19,26H,1-4,11-16,18,36H2. The third kappa shape index (κ3) is 6.19. The number of rotatable bonds is 9. The molecule has 5 heterocycles. The molecule has 43 heavy (non-hydrogen) atoms. The maximum atomic E-state index is 14.1. The number of anilines is 1. The van der Waals surface area contributed by atoms with Crippen LogP contribution in [0.3, 0.4) is 0 Å². The molecule has 4 aromatic rings. The van der Waals surface area contributed by atoms with Crippen molar-refractivity contribution in [2.24, 2.45) is 5.73 Å². The van der Waals surface area contributed by atoms with Crippen LogP contribution in [0, 0.1) is 5.82 Å². The van der Waals surface area contributed by atoms with Crippen molar-refractivity contribution in [3.05, 3.63) is 65.2 Å². The average molecular weight is 617 g/mol. The van der Waals surface area contributed by atoms with E-state index in [9.17, 15) is 17.6 Å². The summed E-state index contributed by atoms with van der Waals surface area (Å²) < 4.78 is 56.0. The van der Waals surface area contributed by atoms with Gasteiger partial charge in [-0.15, -0.1) is 0 Å². The average Bonchev–Trinajstić information content (AvgIpc) is 3.77. The Hall–Kier alpha value is -3.32. The normalized spacial score (nSPS) is 17.3. The molecule has 3 aromatic heterocycles. The molecule has 2 fully saturated rings. The van der Waals surface area contributed by atoms with Crippen LogP contribution in [-0.2, 0) is 6.18 Å². The van der Waals surface area contributed by atoms with Gasteiger partial charge in [0.2, 0.25) is 5.95 Å². The van der Waals surface area contributed by atoms with E-state index in [-0.39, 0.29) is 11.2 Å². The summed E-state index contributed by atoms with van der Waals surface area (Å²) in [5.41, 5.74) is 7.65. The molecule has 8 nitrogen and oxygen atoms in total. The maximum absolute atomic E-state index is 14.1. The fraction of sp³-hybridized carbons (Fsp3) is 0.433. The minimum atomic E-state index is -4.55. The molecule has 228 valence electrons. The van der Waals surface area contributed by atoms with Gasteiger partial charge in [0.05, 0.1) is 33.5 Å². The van der Waals surface area contributed by atoms with E-state index in [4.69, 9.17) is 22.3 Å². The van der Waals surface area contributed by atoms with Crippen LogP contribution in [0.2, 0.25) is 5.02 Å². The summed E-state index contributed by atoms with van der Waals surface area (Å²) in [4.78, 5) is 16.6. The van der Waals surface area contributed by atoms with Crippen LogP contribution in [-0.4, -0.2) is 81.4 Å². The number of alkyl halides is 3. The largest absolute Gasteiger partial charge is 0.417 e. The van der Waals surface area contributed by atoms with Crippen LogP contribution < -0.4 is 10.6 Å². The van der Waals surface area contributed by atoms with Gasteiger partial charge in [-0.2, -0.15) is 18.3 Å². The van der Waals surface area contributed by atoms with Gasteiger partial charge in [-0.25, -0.2) is 18.9 Å². The molecule has 2 aliphatic rings. The number of nitrogens with zero attached hydrogens (tertiary/aromatic N) is 7. The Morgan fingerprint density at radius 2 is 1.74 bits per heavy atom. The molecule has 1 aromatic carbocycles. The van der Waals surface area contributed by atoms with Gasteiger partial charge in [0.1, 0.15) is 11.5 Å². The van der Waals surface area contributed by atoms with E-state index < -0.39 is 17.6 Å². The first-order chi connectivity index (χ1) is 20.7. The molecule has 0 amide bonds. The van der Waals surface area contributed by atoms with Gasteiger partial charge in [0.25, 0.3) is 0 Å². The van der Waals surface area contributed by atoms with E-state index in [1.807, 2.05) is 0 Å². The van der Waals surface area contributed by atoms with Crippen LogP contribution in [0.15, 0.2) is 48.8 Å². The molecule has 6 rings (SSSR count). The molecule has 0 bridgehead atoms. The fourth-order valence-corrected chi connectivity index (χ4v) is 6.27. The first-order valence-corrected chi connectivity index (χ1v) is 14.9. The summed E-state index contributed by atoms with van der Waals surface area (Å²) in [5.74, 6) is -0.129. The molecule has 0 radical (unpaired) electrons. The smallest absolute Gasteiger partial charge is 0.327 e. The zero-order valence-electron chi connectivity index (χ0n) is 23.6. The van der Waals surface area contributed by atoms with E-state index in [0.29, 0.717) is 47.1 Å². The highest BCUT2D eigenvalue weighted by molar-refractivity contribution is 6.31. The summed E-state index contributed by atoms with van der Waals surface area (Å²) in [5, 5.41) is 4.39. The predicted octanol–water partition coefficient (Wildman–Crippen LogP) is 5.55. The number of nitrogens with two attached hydrogens (primary N) is 1. The molecule has 1 atom stereocenters. The summed E-state index contributed by atoms with van der Waals surface area (Å²) in [6, 6.07) is 8.22. The Bertz CT molecular complexity index is 1580. The molecule has 13 heteroatoms. The third-order valence-corrected chi connectivity index (χ3v) is 8.58. The second-order valence-electron chi connectivity index (χ2n) is 11.0. The summed E-state index contributed by atoms with van der Waals surface area (Å²) in [6.45, 7) is 5.89. The fourth-order valence-electron chi connectivity index (χ4n) is 6.09. The minimum absolute atomic E-state index is 0.103. The minimum Gasteiger partial charge on any atom is -0.327 e. The lowest BCUT2D eigenvalue weighted by Gasteiger charge is -2.38. The van der Waals surface area contributed by atoms with Crippen molar-refractivity contribution in [2.75, 3.05) is 50.7 Å².